The van der Waals surface area contributed by atoms with Gasteiger partial charge in [-0.1, -0.05) is 11.6 Å². The number of hydrogen-bond donors (Lipinski definition) is 1. The molecular formula is C13H12ClFN2O3S. The average Bonchev–Trinajstić information content (AvgIpc) is 2.43. The molecule has 0 atom stereocenters. The Hall–Kier alpha value is -1.86. The van der Waals surface area contributed by atoms with Gasteiger partial charge in [-0.05, 0) is 36.8 Å². The highest BCUT2D eigenvalue weighted by atomic mass is 35.5. The molecule has 0 unspecified atom stereocenters. The third-order valence-corrected chi connectivity index (χ3v) is 4.42. The molecule has 0 radical (unpaired) electrons. The molecule has 0 saturated carbocycles. The fourth-order valence-corrected chi connectivity index (χ4v) is 3.11. The maximum absolute atomic E-state index is 13.6. The summed E-state index contributed by atoms with van der Waals surface area (Å²) in [4.78, 5) is 3.57. The number of nitrogens with zero attached hydrogens (tertiary/aromatic N) is 1. The third-order valence-electron chi connectivity index (χ3n) is 2.78. The van der Waals surface area contributed by atoms with Crippen LogP contribution in [0.25, 0.3) is 0 Å². The van der Waals surface area contributed by atoms with Crippen molar-refractivity contribution in [2.45, 2.75) is 11.8 Å². The molecule has 0 fully saturated rings. The first-order valence-electron chi connectivity index (χ1n) is 5.82. The highest BCUT2D eigenvalue weighted by Gasteiger charge is 2.19. The Morgan fingerprint density at radius 3 is 2.62 bits per heavy atom. The van der Waals surface area contributed by atoms with Crippen molar-refractivity contribution < 1.29 is 17.5 Å². The maximum atomic E-state index is 13.6. The minimum atomic E-state index is -3.98. The van der Waals surface area contributed by atoms with Gasteiger partial charge in [-0.15, -0.1) is 0 Å². The number of aromatic nitrogens is 1. The van der Waals surface area contributed by atoms with Crippen LogP contribution in [0, 0.1) is 12.7 Å². The molecule has 0 aliphatic carbocycles. The van der Waals surface area contributed by atoms with Gasteiger partial charge in [-0.25, -0.2) is 17.8 Å². The van der Waals surface area contributed by atoms with Crippen molar-refractivity contribution >= 4 is 27.3 Å². The molecule has 0 saturated heterocycles. The normalized spacial score (nSPS) is 11.2. The molecule has 1 aromatic carbocycles. The van der Waals surface area contributed by atoms with E-state index < -0.39 is 15.8 Å². The zero-order chi connectivity index (χ0) is 15.6. The van der Waals surface area contributed by atoms with Crippen molar-refractivity contribution in [3.05, 3.63) is 47.0 Å². The van der Waals surface area contributed by atoms with Gasteiger partial charge >= 0.3 is 0 Å². The molecule has 0 aliphatic rings. The van der Waals surface area contributed by atoms with Crippen molar-refractivity contribution in [1.29, 1.82) is 0 Å². The van der Waals surface area contributed by atoms with Crippen LogP contribution in [0.1, 0.15) is 5.56 Å². The fraction of sp³-hybridized carbons (Fsp3) is 0.154. The summed E-state index contributed by atoms with van der Waals surface area (Å²) in [6, 6.07) is 4.96. The van der Waals surface area contributed by atoms with E-state index in [1.165, 1.54) is 25.4 Å². The van der Waals surface area contributed by atoms with E-state index in [-0.39, 0.29) is 21.5 Å². The molecule has 1 N–H and O–H groups in total. The molecule has 5 nitrogen and oxygen atoms in total. The van der Waals surface area contributed by atoms with Gasteiger partial charge in [0.15, 0.2) is 16.7 Å². The second-order valence-electron chi connectivity index (χ2n) is 4.20. The first kappa shape index (κ1) is 15.5. The van der Waals surface area contributed by atoms with E-state index in [1.807, 2.05) is 0 Å². The van der Waals surface area contributed by atoms with Crippen molar-refractivity contribution in [3.8, 4) is 5.75 Å². The molecule has 1 heterocycles. The first-order valence-corrected chi connectivity index (χ1v) is 7.68. The van der Waals surface area contributed by atoms with Gasteiger partial charge in [-0.3, -0.25) is 4.72 Å². The van der Waals surface area contributed by atoms with Crippen molar-refractivity contribution in [2.75, 3.05) is 11.8 Å². The largest absolute Gasteiger partial charge is 0.494 e. The molecular weight excluding hydrogens is 319 g/mol. The minimum absolute atomic E-state index is 0.0209. The second-order valence-corrected chi connectivity index (χ2v) is 6.24. The van der Waals surface area contributed by atoms with Crippen LogP contribution < -0.4 is 9.46 Å². The Morgan fingerprint density at radius 2 is 2.05 bits per heavy atom. The van der Waals surface area contributed by atoms with E-state index >= 15 is 0 Å². The molecule has 0 aliphatic heterocycles. The molecule has 2 aromatic rings. The SMILES string of the molecule is COc1ccc(S(=O)(=O)Nc2c(C)ccnc2Cl)cc1F. The monoisotopic (exact) mass is 330 g/mol. The maximum Gasteiger partial charge on any atom is 0.262 e. The standard InChI is InChI=1S/C13H12ClFN2O3S/c1-8-5-6-16-13(14)12(8)17-21(18,19)9-3-4-11(20-2)10(15)7-9/h3-7,17H,1-2H3. The topological polar surface area (TPSA) is 68.3 Å². The Kier molecular flexibility index (Phi) is 4.34. The van der Waals surface area contributed by atoms with Crippen LogP contribution in [0.15, 0.2) is 35.4 Å². The molecule has 0 spiro atoms. The molecule has 0 amide bonds. The van der Waals surface area contributed by atoms with Gasteiger partial charge in [0.25, 0.3) is 10.0 Å². The van der Waals surface area contributed by atoms with Crippen LogP contribution in [0.2, 0.25) is 5.15 Å². The lowest BCUT2D eigenvalue weighted by Gasteiger charge is -2.12. The summed E-state index contributed by atoms with van der Waals surface area (Å²) in [6.07, 6.45) is 1.46. The van der Waals surface area contributed by atoms with Gasteiger partial charge in [0.2, 0.25) is 0 Å². The van der Waals surface area contributed by atoms with Crippen LogP contribution in [0.5, 0.6) is 5.75 Å². The smallest absolute Gasteiger partial charge is 0.262 e. The van der Waals surface area contributed by atoms with Crippen LogP contribution >= 0.6 is 11.6 Å². The Bertz CT molecular complexity index is 761. The number of ether oxygens (including phenoxy) is 1. The van der Waals surface area contributed by atoms with Crippen LogP contribution in [0.3, 0.4) is 0 Å². The van der Waals surface area contributed by atoms with Gasteiger partial charge < -0.3 is 4.74 Å². The molecule has 1 aromatic heterocycles. The summed E-state index contributed by atoms with van der Waals surface area (Å²) in [7, 11) is -2.68. The first-order chi connectivity index (χ1) is 9.85. The molecule has 8 heteroatoms. The van der Waals surface area contributed by atoms with Gasteiger partial charge in [0.05, 0.1) is 17.7 Å². The Morgan fingerprint density at radius 1 is 1.33 bits per heavy atom. The number of rotatable bonds is 4. The molecule has 21 heavy (non-hydrogen) atoms. The quantitative estimate of drug-likeness (QED) is 0.875. The number of aryl methyl sites for hydroxylation is 1. The van der Waals surface area contributed by atoms with E-state index in [0.717, 1.165) is 6.07 Å². The Labute approximate surface area is 126 Å². The lowest BCUT2D eigenvalue weighted by molar-refractivity contribution is 0.385. The fourth-order valence-electron chi connectivity index (χ4n) is 1.66. The zero-order valence-electron chi connectivity index (χ0n) is 11.2. The number of pyridine rings is 1. The zero-order valence-corrected chi connectivity index (χ0v) is 12.8. The van der Waals surface area contributed by atoms with Crippen LogP contribution in [-0.4, -0.2) is 20.5 Å². The summed E-state index contributed by atoms with van der Waals surface area (Å²) in [6.45, 7) is 1.68. The minimum Gasteiger partial charge on any atom is -0.494 e. The predicted molar refractivity (Wildman–Crippen MR) is 77.7 cm³/mol. The highest BCUT2D eigenvalue weighted by molar-refractivity contribution is 7.92. The van der Waals surface area contributed by atoms with Gasteiger partial charge in [0, 0.05) is 6.20 Å². The summed E-state index contributed by atoms with van der Waals surface area (Å²) in [5, 5.41) is 0.0209. The third kappa shape index (κ3) is 3.25. The van der Waals surface area contributed by atoms with Crippen LogP contribution in [0.4, 0.5) is 10.1 Å². The lowest BCUT2D eigenvalue weighted by Crippen LogP contribution is -2.14. The number of methoxy groups -OCH3 is 1. The molecule has 2 rings (SSSR count). The van der Waals surface area contributed by atoms with E-state index in [9.17, 15) is 12.8 Å². The van der Waals surface area contributed by atoms with Crippen molar-refractivity contribution in [1.82, 2.24) is 4.98 Å². The molecule has 0 bridgehead atoms. The average molecular weight is 331 g/mol. The number of anilines is 1. The van der Waals surface area contributed by atoms with E-state index in [0.29, 0.717) is 5.56 Å². The van der Waals surface area contributed by atoms with Crippen molar-refractivity contribution in [3.63, 3.8) is 0 Å². The Balaban J connectivity index is 2.41. The lowest BCUT2D eigenvalue weighted by atomic mass is 10.3. The van der Waals surface area contributed by atoms with Gasteiger partial charge in [-0.2, -0.15) is 0 Å². The van der Waals surface area contributed by atoms with E-state index in [4.69, 9.17) is 16.3 Å². The molecule has 112 valence electrons. The number of halogens is 2. The summed E-state index contributed by atoms with van der Waals surface area (Å²) < 4.78 is 45.2. The van der Waals surface area contributed by atoms with Crippen molar-refractivity contribution in [2.24, 2.45) is 0 Å². The number of hydrogen-bond acceptors (Lipinski definition) is 4. The number of sulfonamides is 1. The van der Waals surface area contributed by atoms with Crippen LogP contribution in [-0.2, 0) is 10.0 Å². The summed E-state index contributed by atoms with van der Waals surface area (Å²) in [5.41, 5.74) is 0.767. The number of nitrogens with one attached hydrogen (secondary N) is 1. The summed E-state index contributed by atoms with van der Waals surface area (Å²) in [5.74, 6) is -0.807. The van der Waals surface area contributed by atoms with Gasteiger partial charge in [0.1, 0.15) is 0 Å². The van der Waals surface area contributed by atoms with E-state index in [2.05, 4.69) is 9.71 Å². The second kappa shape index (κ2) is 5.87. The highest BCUT2D eigenvalue weighted by Crippen LogP contribution is 2.27. The van der Waals surface area contributed by atoms with E-state index in [1.54, 1.807) is 13.0 Å². The predicted octanol–water partition coefficient (Wildman–Crippen LogP) is 2.99. The number of benzene rings is 1. The summed E-state index contributed by atoms with van der Waals surface area (Å²) >= 11 is 5.87.